The van der Waals surface area contributed by atoms with E-state index < -0.39 is 0 Å². The summed E-state index contributed by atoms with van der Waals surface area (Å²) >= 11 is 1.57. The van der Waals surface area contributed by atoms with Gasteiger partial charge in [-0.3, -0.25) is 4.79 Å². The van der Waals surface area contributed by atoms with Gasteiger partial charge < -0.3 is 14.4 Å². The number of carbonyl (C=O) groups excluding carboxylic acids is 1. The van der Waals surface area contributed by atoms with Crippen LogP contribution in [0, 0.1) is 17.3 Å². The van der Waals surface area contributed by atoms with Gasteiger partial charge in [-0.25, -0.2) is 0 Å². The zero-order valence-corrected chi connectivity index (χ0v) is 12.9. The van der Waals surface area contributed by atoms with Crippen molar-refractivity contribution in [1.29, 1.82) is 0 Å². The van der Waals surface area contributed by atoms with Crippen molar-refractivity contribution in [3.05, 3.63) is 22.4 Å². The lowest BCUT2D eigenvalue weighted by molar-refractivity contribution is 0.0223. The highest BCUT2D eigenvalue weighted by Crippen LogP contribution is 2.42. The van der Waals surface area contributed by atoms with Crippen LogP contribution in [-0.2, 0) is 9.47 Å². The van der Waals surface area contributed by atoms with Gasteiger partial charge in [0.2, 0.25) is 0 Å². The van der Waals surface area contributed by atoms with E-state index in [2.05, 4.69) is 0 Å². The molecule has 2 saturated heterocycles. The van der Waals surface area contributed by atoms with E-state index in [1.165, 1.54) is 12.8 Å². The van der Waals surface area contributed by atoms with E-state index in [4.69, 9.17) is 9.47 Å². The van der Waals surface area contributed by atoms with Crippen molar-refractivity contribution in [3.63, 3.8) is 0 Å². The lowest BCUT2D eigenvalue weighted by atomic mass is 9.82. The topological polar surface area (TPSA) is 38.8 Å². The molecule has 2 atom stereocenters. The minimum absolute atomic E-state index is 0.0283. The Balaban J connectivity index is 1.42. The van der Waals surface area contributed by atoms with Crippen LogP contribution < -0.4 is 0 Å². The first-order chi connectivity index (χ1) is 10.3. The molecule has 1 amide bonds. The van der Waals surface area contributed by atoms with Crippen molar-refractivity contribution < 1.29 is 14.3 Å². The standard InChI is InChI=1S/C16H21NO3S/c18-15(13-3-4-21-8-13)17-5-14-7-20-11-16(14,9-17)10-19-6-12-1-2-12/h3-4,8,12,14H,1-2,5-7,9-11H2/t14-,16-/m1/s1. The third kappa shape index (κ3) is 2.62. The molecule has 21 heavy (non-hydrogen) atoms. The molecule has 3 aliphatic rings. The molecule has 114 valence electrons. The Hall–Kier alpha value is -0.910. The van der Waals surface area contributed by atoms with Gasteiger partial charge in [-0.15, -0.1) is 0 Å². The predicted molar refractivity (Wildman–Crippen MR) is 80.5 cm³/mol. The van der Waals surface area contributed by atoms with Gasteiger partial charge in [0.15, 0.2) is 0 Å². The lowest BCUT2D eigenvalue weighted by Crippen LogP contribution is -2.37. The summed E-state index contributed by atoms with van der Waals surface area (Å²) in [6.07, 6.45) is 2.63. The molecule has 4 rings (SSSR count). The zero-order valence-electron chi connectivity index (χ0n) is 12.1. The van der Waals surface area contributed by atoms with Crippen molar-refractivity contribution in [2.24, 2.45) is 17.3 Å². The Morgan fingerprint density at radius 1 is 1.52 bits per heavy atom. The number of nitrogens with zero attached hydrogens (tertiary/aromatic N) is 1. The van der Waals surface area contributed by atoms with E-state index in [1.807, 2.05) is 21.7 Å². The number of hydrogen-bond donors (Lipinski definition) is 0. The third-order valence-corrected chi connectivity index (χ3v) is 5.70. The minimum Gasteiger partial charge on any atom is -0.380 e. The first-order valence-corrected chi connectivity index (χ1v) is 8.68. The highest BCUT2D eigenvalue weighted by atomic mass is 32.1. The van der Waals surface area contributed by atoms with Crippen molar-refractivity contribution in [3.8, 4) is 0 Å². The molecule has 0 unspecified atom stereocenters. The monoisotopic (exact) mass is 307 g/mol. The first-order valence-electron chi connectivity index (χ1n) is 7.74. The van der Waals surface area contributed by atoms with E-state index in [0.717, 1.165) is 51.0 Å². The van der Waals surface area contributed by atoms with Crippen molar-refractivity contribution in [2.75, 3.05) is 39.5 Å². The Morgan fingerprint density at radius 2 is 2.43 bits per heavy atom. The lowest BCUT2D eigenvalue weighted by Gasteiger charge is -2.26. The fraction of sp³-hybridized carbons (Fsp3) is 0.688. The summed E-state index contributed by atoms with van der Waals surface area (Å²) in [5, 5.41) is 3.89. The number of ether oxygens (including phenoxy) is 2. The first kappa shape index (κ1) is 13.7. The van der Waals surface area contributed by atoms with Crippen LogP contribution in [-0.4, -0.2) is 50.3 Å². The minimum atomic E-state index is 0.0283. The maximum absolute atomic E-state index is 12.5. The van der Waals surface area contributed by atoms with Crippen LogP contribution in [0.3, 0.4) is 0 Å². The molecule has 3 fully saturated rings. The Bertz CT molecular complexity index is 514. The van der Waals surface area contributed by atoms with Crippen LogP contribution >= 0.6 is 11.3 Å². The van der Waals surface area contributed by atoms with Crippen LogP contribution in [0.5, 0.6) is 0 Å². The number of fused-ring (bicyclic) bond motifs is 1. The molecule has 0 bridgehead atoms. The van der Waals surface area contributed by atoms with Crippen molar-refractivity contribution in [1.82, 2.24) is 4.90 Å². The van der Waals surface area contributed by atoms with Gasteiger partial charge in [-0.2, -0.15) is 11.3 Å². The van der Waals surface area contributed by atoms with Crippen molar-refractivity contribution >= 4 is 17.2 Å². The molecule has 3 heterocycles. The smallest absolute Gasteiger partial charge is 0.254 e. The van der Waals surface area contributed by atoms with Crippen LogP contribution in [0.2, 0.25) is 0 Å². The molecule has 5 heteroatoms. The number of likely N-dealkylation sites (tertiary alicyclic amines) is 1. The summed E-state index contributed by atoms with van der Waals surface area (Å²) in [6.45, 7) is 4.70. The number of amides is 1. The summed E-state index contributed by atoms with van der Waals surface area (Å²) < 4.78 is 11.6. The molecule has 1 saturated carbocycles. The maximum atomic E-state index is 12.5. The van der Waals surface area contributed by atoms with E-state index in [9.17, 15) is 4.79 Å². The van der Waals surface area contributed by atoms with Gasteiger partial charge in [-0.05, 0) is 30.2 Å². The molecule has 0 aromatic carbocycles. The van der Waals surface area contributed by atoms with E-state index in [1.54, 1.807) is 11.3 Å². The van der Waals surface area contributed by atoms with Gasteiger partial charge in [0.25, 0.3) is 5.91 Å². The summed E-state index contributed by atoms with van der Waals surface area (Å²) in [6, 6.07) is 1.91. The molecule has 4 nitrogen and oxygen atoms in total. The van der Waals surface area contributed by atoms with Gasteiger partial charge in [0, 0.05) is 36.4 Å². The fourth-order valence-corrected chi connectivity index (χ4v) is 4.10. The van der Waals surface area contributed by atoms with Crippen molar-refractivity contribution in [2.45, 2.75) is 12.8 Å². The van der Waals surface area contributed by atoms with Gasteiger partial charge in [-0.1, -0.05) is 0 Å². The second-order valence-corrected chi connectivity index (χ2v) is 7.51. The Kier molecular flexibility index (Phi) is 3.52. The second-order valence-electron chi connectivity index (χ2n) is 6.73. The molecule has 1 aromatic heterocycles. The van der Waals surface area contributed by atoms with Gasteiger partial charge in [0.05, 0.1) is 25.4 Å². The van der Waals surface area contributed by atoms with E-state index in [0.29, 0.717) is 5.92 Å². The zero-order chi connectivity index (χ0) is 14.3. The SMILES string of the molecule is O=C(c1ccsc1)N1C[C@@H]2COC[C@]2(COCC2CC2)C1. The Morgan fingerprint density at radius 3 is 3.19 bits per heavy atom. The number of rotatable bonds is 5. The molecule has 0 radical (unpaired) electrons. The molecular weight excluding hydrogens is 286 g/mol. The highest BCUT2D eigenvalue weighted by Gasteiger charge is 2.52. The number of thiophene rings is 1. The van der Waals surface area contributed by atoms with E-state index >= 15 is 0 Å². The average molecular weight is 307 g/mol. The molecule has 0 spiro atoms. The normalized spacial score (nSPS) is 31.6. The van der Waals surface area contributed by atoms with E-state index in [-0.39, 0.29) is 11.3 Å². The molecule has 2 aliphatic heterocycles. The largest absolute Gasteiger partial charge is 0.380 e. The average Bonchev–Trinajstić information content (AvgIpc) is 2.91. The summed E-state index contributed by atoms with van der Waals surface area (Å²) in [5.74, 6) is 1.37. The Labute approximate surface area is 129 Å². The molecular formula is C16H21NO3S. The fourth-order valence-electron chi connectivity index (χ4n) is 3.47. The quantitative estimate of drug-likeness (QED) is 0.837. The third-order valence-electron chi connectivity index (χ3n) is 5.02. The van der Waals surface area contributed by atoms with Crippen LogP contribution in [0.15, 0.2) is 16.8 Å². The van der Waals surface area contributed by atoms with Crippen LogP contribution in [0.25, 0.3) is 0 Å². The van der Waals surface area contributed by atoms with Gasteiger partial charge >= 0.3 is 0 Å². The second kappa shape index (κ2) is 5.38. The maximum Gasteiger partial charge on any atom is 0.254 e. The number of carbonyl (C=O) groups is 1. The molecule has 1 aliphatic carbocycles. The predicted octanol–water partition coefficient (Wildman–Crippen LogP) is 2.26. The van der Waals surface area contributed by atoms with Crippen LogP contribution in [0.1, 0.15) is 23.2 Å². The number of hydrogen-bond acceptors (Lipinski definition) is 4. The highest BCUT2D eigenvalue weighted by molar-refractivity contribution is 7.08. The summed E-state index contributed by atoms with van der Waals surface area (Å²) in [4.78, 5) is 14.5. The summed E-state index contributed by atoms with van der Waals surface area (Å²) in [5.41, 5.74) is 0.843. The van der Waals surface area contributed by atoms with Crippen LogP contribution in [0.4, 0.5) is 0 Å². The summed E-state index contributed by atoms with van der Waals surface area (Å²) in [7, 11) is 0. The molecule has 0 N–H and O–H groups in total. The molecule has 1 aromatic rings. The van der Waals surface area contributed by atoms with Gasteiger partial charge in [0.1, 0.15) is 0 Å².